The fourth-order valence-electron chi connectivity index (χ4n) is 1.28. The van der Waals surface area contributed by atoms with E-state index < -0.39 is 17.9 Å². The van der Waals surface area contributed by atoms with E-state index in [0.717, 1.165) is 5.56 Å². The van der Waals surface area contributed by atoms with Gasteiger partial charge in [0.1, 0.15) is 11.8 Å². The fraction of sp³-hybridized carbons (Fsp3) is 0.333. The maximum absolute atomic E-state index is 11.4. The summed E-state index contributed by atoms with van der Waals surface area (Å²) in [5.74, 6) is -1.18. The molecule has 1 atom stereocenters. The first kappa shape index (κ1) is 14.3. The molecule has 98 valence electrons. The van der Waals surface area contributed by atoms with Gasteiger partial charge < -0.3 is 15.2 Å². The highest BCUT2D eigenvalue weighted by Crippen LogP contribution is 2.27. The number of benzene rings is 1. The highest BCUT2D eigenvalue weighted by molar-refractivity contribution is 6.32. The van der Waals surface area contributed by atoms with E-state index in [-0.39, 0.29) is 6.61 Å². The number of halogens is 1. The van der Waals surface area contributed by atoms with Gasteiger partial charge in [-0.1, -0.05) is 23.7 Å². The molecule has 0 saturated carbocycles. The van der Waals surface area contributed by atoms with Crippen molar-refractivity contribution >= 4 is 23.5 Å². The van der Waals surface area contributed by atoms with Crippen molar-refractivity contribution < 1.29 is 19.4 Å². The van der Waals surface area contributed by atoms with Crippen LogP contribution in [0.1, 0.15) is 12.5 Å². The van der Waals surface area contributed by atoms with Crippen molar-refractivity contribution in [3.8, 4) is 5.75 Å². The standard InChI is InChI=1S/C12H14ClNO4/c1-7-4-3-5-9(13)11(7)18-6-10(15)14-8(2)12(16)17/h3-5,8H,6H2,1-2H3,(H,14,15)(H,16,17). The predicted molar refractivity (Wildman–Crippen MR) is 66.9 cm³/mol. The van der Waals surface area contributed by atoms with Gasteiger partial charge in [-0.15, -0.1) is 0 Å². The Kier molecular flexibility index (Phi) is 4.97. The number of carboxylic acid groups (broad SMARTS) is 1. The second-order valence-electron chi connectivity index (χ2n) is 3.80. The number of para-hydroxylation sites is 1. The summed E-state index contributed by atoms with van der Waals surface area (Å²) in [6, 6.07) is 4.28. The van der Waals surface area contributed by atoms with Crippen molar-refractivity contribution in [3.05, 3.63) is 28.8 Å². The molecule has 5 nitrogen and oxygen atoms in total. The van der Waals surface area contributed by atoms with E-state index in [4.69, 9.17) is 21.4 Å². The van der Waals surface area contributed by atoms with Crippen LogP contribution in [-0.2, 0) is 9.59 Å². The normalized spacial score (nSPS) is 11.7. The van der Waals surface area contributed by atoms with Gasteiger partial charge in [-0.3, -0.25) is 9.59 Å². The van der Waals surface area contributed by atoms with Gasteiger partial charge in [0.05, 0.1) is 5.02 Å². The average Bonchev–Trinajstić information content (AvgIpc) is 2.28. The molecule has 0 radical (unpaired) electrons. The Bertz CT molecular complexity index is 441. The number of aryl methyl sites for hydroxylation is 1. The van der Waals surface area contributed by atoms with Crippen molar-refractivity contribution in [2.24, 2.45) is 0 Å². The molecule has 1 unspecified atom stereocenters. The Hall–Kier alpha value is -1.75. The van der Waals surface area contributed by atoms with Crippen molar-refractivity contribution in [1.29, 1.82) is 0 Å². The van der Waals surface area contributed by atoms with E-state index in [1.807, 2.05) is 0 Å². The molecule has 0 bridgehead atoms. The molecule has 0 saturated heterocycles. The summed E-state index contributed by atoms with van der Waals surface area (Å²) in [4.78, 5) is 22.0. The third-order valence-corrected chi connectivity index (χ3v) is 2.56. The Balaban J connectivity index is 2.55. The molecule has 0 aliphatic heterocycles. The molecular weight excluding hydrogens is 258 g/mol. The van der Waals surface area contributed by atoms with E-state index in [9.17, 15) is 9.59 Å². The van der Waals surface area contributed by atoms with Crippen LogP contribution in [0.5, 0.6) is 5.75 Å². The van der Waals surface area contributed by atoms with E-state index >= 15 is 0 Å². The monoisotopic (exact) mass is 271 g/mol. The molecule has 0 aliphatic rings. The van der Waals surface area contributed by atoms with Crippen molar-refractivity contribution in [2.45, 2.75) is 19.9 Å². The molecule has 1 aromatic rings. The third kappa shape index (κ3) is 3.92. The minimum atomic E-state index is -1.10. The summed E-state index contributed by atoms with van der Waals surface area (Å²) in [6.45, 7) is 2.90. The zero-order valence-corrected chi connectivity index (χ0v) is 10.8. The third-order valence-electron chi connectivity index (χ3n) is 2.26. The number of nitrogens with one attached hydrogen (secondary N) is 1. The van der Waals surface area contributed by atoms with Gasteiger partial charge in [-0.25, -0.2) is 0 Å². The lowest BCUT2D eigenvalue weighted by Crippen LogP contribution is -2.40. The Morgan fingerprint density at radius 3 is 2.72 bits per heavy atom. The number of rotatable bonds is 5. The quantitative estimate of drug-likeness (QED) is 0.853. The van der Waals surface area contributed by atoms with Crippen LogP contribution in [0.3, 0.4) is 0 Å². The maximum atomic E-state index is 11.4. The van der Waals surface area contributed by atoms with Crippen LogP contribution in [0, 0.1) is 6.92 Å². The molecular formula is C12H14ClNO4. The summed E-state index contributed by atoms with van der Waals surface area (Å²) in [5.41, 5.74) is 0.807. The van der Waals surface area contributed by atoms with Crippen LogP contribution in [0.15, 0.2) is 18.2 Å². The number of carbonyl (C=O) groups excluding carboxylic acids is 1. The first-order valence-electron chi connectivity index (χ1n) is 5.32. The Morgan fingerprint density at radius 1 is 1.50 bits per heavy atom. The van der Waals surface area contributed by atoms with Crippen LogP contribution in [0.4, 0.5) is 0 Å². The summed E-state index contributed by atoms with van der Waals surface area (Å²) in [6.07, 6.45) is 0. The van der Waals surface area contributed by atoms with Gasteiger partial charge in [0.15, 0.2) is 6.61 Å². The molecule has 1 rings (SSSR count). The van der Waals surface area contributed by atoms with Crippen molar-refractivity contribution in [3.63, 3.8) is 0 Å². The molecule has 0 aromatic heterocycles. The number of ether oxygens (including phenoxy) is 1. The second-order valence-corrected chi connectivity index (χ2v) is 4.21. The zero-order chi connectivity index (χ0) is 13.7. The van der Waals surface area contributed by atoms with E-state index in [2.05, 4.69) is 5.32 Å². The van der Waals surface area contributed by atoms with Crippen LogP contribution in [0.2, 0.25) is 5.02 Å². The van der Waals surface area contributed by atoms with Gasteiger partial charge >= 0.3 is 5.97 Å². The SMILES string of the molecule is Cc1cccc(Cl)c1OCC(=O)NC(C)C(=O)O. The molecule has 0 spiro atoms. The van der Waals surface area contributed by atoms with Gasteiger partial charge in [0, 0.05) is 0 Å². The van der Waals surface area contributed by atoms with Crippen LogP contribution in [-0.4, -0.2) is 29.6 Å². The summed E-state index contributed by atoms with van der Waals surface area (Å²) < 4.78 is 5.27. The largest absolute Gasteiger partial charge is 0.482 e. The van der Waals surface area contributed by atoms with Crippen molar-refractivity contribution in [1.82, 2.24) is 5.32 Å². The molecule has 0 fully saturated rings. The summed E-state index contributed by atoms with van der Waals surface area (Å²) >= 11 is 5.92. The predicted octanol–water partition coefficient (Wildman–Crippen LogP) is 1.62. The molecule has 2 N–H and O–H groups in total. The number of hydrogen-bond acceptors (Lipinski definition) is 3. The van der Waals surface area contributed by atoms with Gasteiger partial charge in [-0.05, 0) is 25.5 Å². The number of carbonyl (C=O) groups is 2. The summed E-state index contributed by atoms with van der Waals surface area (Å²) in [5, 5.41) is 11.3. The topological polar surface area (TPSA) is 75.6 Å². The first-order chi connectivity index (χ1) is 8.41. The minimum Gasteiger partial charge on any atom is -0.482 e. The van der Waals surface area contributed by atoms with E-state index in [0.29, 0.717) is 10.8 Å². The fourth-order valence-corrected chi connectivity index (χ4v) is 1.56. The van der Waals surface area contributed by atoms with Crippen LogP contribution < -0.4 is 10.1 Å². The summed E-state index contributed by atoms with van der Waals surface area (Å²) in [7, 11) is 0. The lowest BCUT2D eigenvalue weighted by atomic mass is 10.2. The smallest absolute Gasteiger partial charge is 0.325 e. The molecule has 0 heterocycles. The molecule has 1 amide bonds. The number of aliphatic carboxylic acids is 1. The lowest BCUT2D eigenvalue weighted by Gasteiger charge is -2.12. The number of amides is 1. The lowest BCUT2D eigenvalue weighted by molar-refractivity contribution is -0.141. The zero-order valence-electron chi connectivity index (χ0n) is 10.1. The highest BCUT2D eigenvalue weighted by atomic mass is 35.5. The molecule has 0 aliphatic carbocycles. The number of carboxylic acids is 1. The molecule has 6 heteroatoms. The minimum absolute atomic E-state index is 0.276. The van der Waals surface area contributed by atoms with Crippen molar-refractivity contribution in [2.75, 3.05) is 6.61 Å². The highest BCUT2D eigenvalue weighted by Gasteiger charge is 2.15. The maximum Gasteiger partial charge on any atom is 0.325 e. The van der Waals surface area contributed by atoms with E-state index in [1.165, 1.54) is 6.92 Å². The van der Waals surface area contributed by atoms with Crippen LogP contribution in [0.25, 0.3) is 0 Å². The Labute approximate surface area is 110 Å². The van der Waals surface area contributed by atoms with Gasteiger partial charge in [0.25, 0.3) is 5.91 Å². The molecule has 1 aromatic carbocycles. The first-order valence-corrected chi connectivity index (χ1v) is 5.69. The average molecular weight is 272 g/mol. The van der Waals surface area contributed by atoms with Gasteiger partial charge in [0.2, 0.25) is 0 Å². The van der Waals surface area contributed by atoms with E-state index in [1.54, 1.807) is 25.1 Å². The van der Waals surface area contributed by atoms with Gasteiger partial charge in [-0.2, -0.15) is 0 Å². The Morgan fingerprint density at radius 2 is 2.17 bits per heavy atom. The molecule has 18 heavy (non-hydrogen) atoms. The van der Waals surface area contributed by atoms with Crippen LogP contribution >= 0.6 is 11.6 Å². The second kappa shape index (κ2) is 6.26. The number of hydrogen-bond donors (Lipinski definition) is 2.